The lowest BCUT2D eigenvalue weighted by Gasteiger charge is -2.11. The van der Waals surface area contributed by atoms with E-state index in [0.717, 1.165) is 16.3 Å². The Hall–Kier alpha value is -3.90. The number of nitrogens with zero attached hydrogens (tertiary/aromatic N) is 6. The number of halogens is 1. The van der Waals surface area contributed by atoms with Crippen molar-refractivity contribution < 1.29 is 9.53 Å². The van der Waals surface area contributed by atoms with E-state index in [9.17, 15) is 15.3 Å². The molecule has 0 fully saturated rings. The molecule has 0 amide bonds. The highest BCUT2D eigenvalue weighted by Gasteiger charge is 2.23. The van der Waals surface area contributed by atoms with Gasteiger partial charge in [-0.25, -0.2) is 9.97 Å². The van der Waals surface area contributed by atoms with E-state index >= 15 is 0 Å². The molecule has 12 heteroatoms. The van der Waals surface area contributed by atoms with Crippen LogP contribution in [0.3, 0.4) is 0 Å². The SMILES string of the molecule is CC.CC.COC(=O)Cn1ccc(-c2c(C#N)c(N)nc(SCc3csc(-c4ccc(Cl)cc4)n3)c2C#N)n1. The molecule has 3 aromatic heterocycles. The molecule has 0 unspecified atom stereocenters. The molecule has 0 saturated carbocycles. The van der Waals surface area contributed by atoms with Gasteiger partial charge in [0.15, 0.2) is 0 Å². The van der Waals surface area contributed by atoms with Crippen molar-refractivity contribution in [3.8, 4) is 34.0 Å². The summed E-state index contributed by atoms with van der Waals surface area (Å²) < 4.78 is 6.02. The Balaban J connectivity index is 0.00000127. The van der Waals surface area contributed by atoms with E-state index in [1.165, 1.54) is 34.9 Å². The van der Waals surface area contributed by atoms with Gasteiger partial charge in [0.1, 0.15) is 40.1 Å². The van der Waals surface area contributed by atoms with Gasteiger partial charge in [-0.3, -0.25) is 9.48 Å². The van der Waals surface area contributed by atoms with Crippen LogP contribution in [0.15, 0.2) is 46.9 Å². The maximum atomic E-state index is 11.6. The number of esters is 1. The fourth-order valence-electron chi connectivity index (χ4n) is 3.18. The first-order valence-electron chi connectivity index (χ1n) is 12.0. The molecule has 1 aromatic carbocycles. The summed E-state index contributed by atoms with van der Waals surface area (Å²) >= 11 is 8.75. The number of carbonyl (C=O) groups is 1. The Labute approximate surface area is 241 Å². The van der Waals surface area contributed by atoms with Gasteiger partial charge < -0.3 is 10.5 Å². The molecule has 202 valence electrons. The molecule has 2 N–H and O–H groups in total. The lowest BCUT2D eigenvalue weighted by molar-refractivity contribution is -0.141. The number of hydrogen-bond donors (Lipinski definition) is 1. The number of nitriles is 2. The number of ether oxygens (including phenoxy) is 1. The van der Waals surface area contributed by atoms with Crippen LogP contribution in [0, 0.1) is 22.7 Å². The van der Waals surface area contributed by atoms with Gasteiger partial charge in [0.05, 0.1) is 24.1 Å². The summed E-state index contributed by atoms with van der Waals surface area (Å²) in [5.41, 5.74) is 8.67. The van der Waals surface area contributed by atoms with Gasteiger partial charge in [-0.15, -0.1) is 11.3 Å². The maximum absolute atomic E-state index is 11.6. The number of rotatable bonds is 7. The molecule has 4 rings (SSSR count). The van der Waals surface area contributed by atoms with Crippen molar-refractivity contribution in [3.63, 3.8) is 0 Å². The molecule has 0 aliphatic heterocycles. The number of methoxy groups -OCH3 is 1. The Bertz CT molecular complexity index is 1490. The van der Waals surface area contributed by atoms with Crippen molar-refractivity contribution >= 4 is 46.5 Å². The number of pyridine rings is 1. The highest BCUT2D eigenvalue weighted by molar-refractivity contribution is 7.98. The van der Waals surface area contributed by atoms with Gasteiger partial charge in [-0.2, -0.15) is 15.6 Å². The van der Waals surface area contributed by atoms with E-state index in [-0.39, 0.29) is 29.1 Å². The van der Waals surface area contributed by atoms with Gasteiger partial charge in [-0.05, 0) is 18.2 Å². The summed E-state index contributed by atoms with van der Waals surface area (Å²) in [4.78, 5) is 20.5. The van der Waals surface area contributed by atoms with E-state index < -0.39 is 5.97 Å². The molecule has 0 radical (unpaired) electrons. The van der Waals surface area contributed by atoms with Gasteiger partial charge in [0.25, 0.3) is 0 Å². The van der Waals surface area contributed by atoms with Crippen LogP contribution in [0.25, 0.3) is 21.8 Å². The molecule has 0 bridgehead atoms. The predicted octanol–water partition coefficient (Wildman–Crippen LogP) is 6.57. The molecule has 0 saturated heterocycles. The Morgan fingerprint density at radius 3 is 2.38 bits per heavy atom. The number of anilines is 1. The quantitative estimate of drug-likeness (QED) is 0.189. The third-order valence-corrected chi connectivity index (χ3v) is 7.03. The lowest BCUT2D eigenvalue weighted by atomic mass is 10.0. The number of thiazole rings is 1. The van der Waals surface area contributed by atoms with Crippen LogP contribution in [-0.4, -0.2) is 32.8 Å². The van der Waals surface area contributed by atoms with Crippen molar-refractivity contribution in [1.82, 2.24) is 19.7 Å². The molecule has 0 aliphatic carbocycles. The zero-order valence-corrected chi connectivity index (χ0v) is 24.6. The van der Waals surface area contributed by atoms with E-state index in [0.29, 0.717) is 21.5 Å². The second-order valence-corrected chi connectivity index (χ2v) is 9.32. The first-order valence-corrected chi connectivity index (χ1v) is 14.2. The summed E-state index contributed by atoms with van der Waals surface area (Å²) in [6, 6.07) is 13.2. The first kappa shape index (κ1) is 31.3. The van der Waals surface area contributed by atoms with Crippen LogP contribution in [0.5, 0.6) is 0 Å². The number of nitrogen functional groups attached to an aromatic ring is 1. The summed E-state index contributed by atoms with van der Waals surface area (Å²) in [5, 5.41) is 27.8. The Kier molecular flexibility index (Phi) is 12.4. The third-order valence-electron chi connectivity index (χ3n) is 4.83. The normalized spacial score (nSPS) is 9.74. The Morgan fingerprint density at radius 1 is 1.10 bits per heavy atom. The van der Waals surface area contributed by atoms with Crippen LogP contribution in [0.2, 0.25) is 5.02 Å². The second kappa shape index (κ2) is 15.5. The number of thioether (sulfide) groups is 1. The van der Waals surface area contributed by atoms with Crippen LogP contribution < -0.4 is 5.73 Å². The van der Waals surface area contributed by atoms with Crippen molar-refractivity contribution in [3.05, 3.63) is 63.8 Å². The standard InChI is InChI=1S/C23H16ClN7O2S2.2C2H6/c1-33-19(32)10-31-7-6-18(30-31)20-16(8-25)21(27)29-23(17(20)9-26)35-12-15-11-34-22(28-15)13-2-4-14(24)5-3-13;2*1-2/h2-7,11H,10,12H2,1H3,(H2,27,29);2*1-2H3. The van der Waals surface area contributed by atoms with Gasteiger partial charge in [0.2, 0.25) is 0 Å². The van der Waals surface area contributed by atoms with Crippen LogP contribution >= 0.6 is 34.7 Å². The fraction of sp³-hybridized carbons (Fsp3) is 0.259. The van der Waals surface area contributed by atoms with Gasteiger partial charge in [-0.1, -0.05) is 63.2 Å². The zero-order chi connectivity index (χ0) is 28.9. The highest BCUT2D eigenvalue weighted by atomic mass is 35.5. The predicted molar refractivity (Wildman–Crippen MR) is 156 cm³/mol. The lowest BCUT2D eigenvalue weighted by Crippen LogP contribution is -2.12. The monoisotopic (exact) mass is 581 g/mol. The average Bonchev–Trinajstić information content (AvgIpc) is 3.64. The molecule has 0 aliphatic rings. The van der Waals surface area contributed by atoms with Crippen LogP contribution in [0.1, 0.15) is 44.5 Å². The number of carbonyl (C=O) groups excluding carboxylic acids is 1. The number of nitrogens with two attached hydrogens (primary N) is 1. The molecule has 0 spiro atoms. The molecule has 0 atom stereocenters. The second-order valence-electron chi connectivity index (χ2n) is 7.07. The minimum Gasteiger partial charge on any atom is -0.468 e. The van der Waals surface area contributed by atoms with Gasteiger partial charge >= 0.3 is 5.97 Å². The smallest absolute Gasteiger partial charge is 0.327 e. The van der Waals surface area contributed by atoms with Crippen LogP contribution in [0.4, 0.5) is 5.82 Å². The van der Waals surface area contributed by atoms with E-state index in [2.05, 4.69) is 25.9 Å². The molecule has 39 heavy (non-hydrogen) atoms. The highest BCUT2D eigenvalue weighted by Crippen LogP contribution is 2.36. The van der Waals surface area contributed by atoms with E-state index in [1.54, 1.807) is 12.3 Å². The minimum atomic E-state index is -0.479. The molecule has 3 heterocycles. The number of benzene rings is 1. The first-order chi connectivity index (χ1) is 18.9. The third kappa shape index (κ3) is 7.80. The van der Waals surface area contributed by atoms with Crippen molar-refractivity contribution in [2.75, 3.05) is 12.8 Å². The molecular formula is C27H28ClN7O2S2. The van der Waals surface area contributed by atoms with Crippen molar-refractivity contribution in [1.29, 1.82) is 10.5 Å². The number of hydrogen-bond acceptors (Lipinski definition) is 10. The maximum Gasteiger partial charge on any atom is 0.327 e. The minimum absolute atomic E-state index is 0.00773. The fourth-order valence-corrected chi connectivity index (χ4v) is 5.12. The molecule has 4 aromatic rings. The topological polar surface area (TPSA) is 144 Å². The number of aromatic nitrogens is 4. The molecule has 9 nitrogen and oxygen atoms in total. The van der Waals surface area contributed by atoms with Gasteiger partial charge in [0, 0.05) is 33.5 Å². The van der Waals surface area contributed by atoms with E-state index in [1.807, 2.05) is 63.4 Å². The molecular weight excluding hydrogens is 554 g/mol. The summed E-state index contributed by atoms with van der Waals surface area (Å²) in [6.45, 7) is 7.89. The largest absolute Gasteiger partial charge is 0.468 e. The van der Waals surface area contributed by atoms with Crippen LogP contribution in [-0.2, 0) is 21.8 Å². The van der Waals surface area contributed by atoms with E-state index in [4.69, 9.17) is 17.3 Å². The Morgan fingerprint density at radius 2 is 1.77 bits per heavy atom. The summed E-state index contributed by atoms with van der Waals surface area (Å²) in [7, 11) is 1.28. The summed E-state index contributed by atoms with van der Waals surface area (Å²) in [6.07, 6.45) is 1.56. The van der Waals surface area contributed by atoms with Crippen molar-refractivity contribution in [2.45, 2.75) is 45.0 Å². The zero-order valence-electron chi connectivity index (χ0n) is 22.2. The average molecular weight is 582 g/mol. The summed E-state index contributed by atoms with van der Waals surface area (Å²) in [5.74, 6) is -0.0492. The van der Waals surface area contributed by atoms with Crippen molar-refractivity contribution in [2.24, 2.45) is 0 Å².